The van der Waals surface area contributed by atoms with Gasteiger partial charge < -0.3 is 10.8 Å². The summed E-state index contributed by atoms with van der Waals surface area (Å²) in [4.78, 5) is 11.0. The van der Waals surface area contributed by atoms with Crippen molar-refractivity contribution in [3.8, 4) is 0 Å². The summed E-state index contributed by atoms with van der Waals surface area (Å²) in [6, 6.07) is 0. The van der Waals surface area contributed by atoms with Crippen LogP contribution < -0.4 is 5.73 Å². The fourth-order valence-electron chi connectivity index (χ4n) is 2.68. The minimum atomic E-state index is -3.11. The molecule has 0 aromatic heterocycles. The van der Waals surface area contributed by atoms with Gasteiger partial charge in [0.15, 0.2) is 9.84 Å². The van der Waals surface area contributed by atoms with Crippen molar-refractivity contribution in [1.82, 2.24) is 0 Å². The molecule has 2 atom stereocenters. The number of nitrogens with two attached hydrogens (primary N) is 1. The third-order valence-corrected chi connectivity index (χ3v) is 6.25. The molecule has 0 radical (unpaired) electrons. The molecule has 3 N–H and O–H groups in total. The summed E-state index contributed by atoms with van der Waals surface area (Å²) >= 11 is 0. The molecule has 0 aromatic rings. The highest BCUT2D eigenvalue weighted by Gasteiger charge is 2.52. The van der Waals surface area contributed by atoms with E-state index in [0.717, 1.165) is 6.42 Å². The number of hydrogen-bond donors (Lipinski definition) is 2. The first-order valence-electron chi connectivity index (χ1n) is 5.11. The van der Waals surface area contributed by atoms with Gasteiger partial charge in [0, 0.05) is 0 Å². The van der Waals surface area contributed by atoms with E-state index in [4.69, 9.17) is 10.8 Å². The van der Waals surface area contributed by atoms with Crippen LogP contribution >= 0.6 is 0 Å². The van der Waals surface area contributed by atoms with Gasteiger partial charge in [-0.25, -0.2) is 8.42 Å². The van der Waals surface area contributed by atoms with Crippen molar-refractivity contribution in [2.45, 2.75) is 48.1 Å². The zero-order valence-electron chi connectivity index (χ0n) is 8.35. The van der Waals surface area contributed by atoms with Crippen LogP contribution in [0.15, 0.2) is 0 Å². The average Bonchev–Trinajstić information content (AvgIpc) is 2.07. The van der Waals surface area contributed by atoms with Crippen LogP contribution in [0.25, 0.3) is 0 Å². The second-order valence-electron chi connectivity index (χ2n) is 4.63. The Bertz CT molecular complexity index is 369. The van der Waals surface area contributed by atoms with Crippen molar-refractivity contribution >= 4 is 15.8 Å². The predicted octanol–water partition coefficient (Wildman–Crippen LogP) is -0.102. The van der Waals surface area contributed by atoms with Gasteiger partial charge >= 0.3 is 5.97 Å². The highest BCUT2D eigenvalue weighted by molar-refractivity contribution is 7.92. The summed E-state index contributed by atoms with van der Waals surface area (Å²) < 4.78 is 23.7. The van der Waals surface area contributed by atoms with E-state index in [-0.39, 0.29) is 12.8 Å². The molecule has 2 heterocycles. The van der Waals surface area contributed by atoms with Gasteiger partial charge in [0.1, 0.15) is 5.54 Å². The average molecular weight is 233 g/mol. The van der Waals surface area contributed by atoms with Crippen molar-refractivity contribution in [1.29, 1.82) is 0 Å². The van der Waals surface area contributed by atoms with Crippen molar-refractivity contribution in [3.05, 3.63) is 0 Å². The highest BCUT2D eigenvalue weighted by atomic mass is 32.2. The van der Waals surface area contributed by atoms with Crippen LogP contribution in [0, 0.1) is 0 Å². The molecule has 2 saturated heterocycles. The normalized spacial score (nSPS) is 43.5. The molecule has 2 aliphatic rings. The van der Waals surface area contributed by atoms with Crippen LogP contribution in [0.3, 0.4) is 0 Å². The van der Waals surface area contributed by atoms with Crippen LogP contribution in [0.4, 0.5) is 0 Å². The Hall–Kier alpha value is -0.620. The van der Waals surface area contributed by atoms with Gasteiger partial charge in [0.05, 0.1) is 10.5 Å². The molecule has 0 aromatic carbocycles. The molecule has 2 unspecified atom stereocenters. The Balaban J connectivity index is 2.34. The zero-order chi connectivity index (χ0) is 11.3. The van der Waals surface area contributed by atoms with Crippen molar-refractivity contribution < 1.29 is 18.3 Å². The lowest BCUT2D eigenvalue weighted by molar-refractivity contribution is -0.144. The second-order valence-corrected chi connectivity index (χ2v) is 7.14. The molecule has 5 nitrogen and oxygen atoms in total. The minimum Gasteiger partial charge on any atom is -0.480 e. The van der Waals surface area contributed by atoms with E-state index in [1.807, 2.05) is 0 Å². The number of carboxylic acid groups (broad SMARTS) is 1. The largest absolute Gasteiger partial charge is 0.480 e. The second kappa shape index (κ2) is 3.18. The Labute approximate surface area is 88.6 Å². The van der Waals surface area contributed by atoms with Gasteiger partial charge in [-0.2, -0.15) is 0 Å². The number of rotatable bonds is 1. The Morgan fingerprint density at radius 1 is 1.27 bits per heavy atom. The quantitative estimate of drug-likeness (QED) is 0.659. The first-order chi connectivity index (χ1) is 6.86. The van der Waals surface area contributed by atoms with Gasteiger partial charge in [-0.3, -0.25) is 4.79 Å². The third kappa shape index (κ3) is 1.56. The summed E-state index contributed by atoms with van der Waals surface area (Å²) in [5.41, 5.74) is 4.42. The maximum absolute atomic E-state index is 11.9. The lowest BCUT2D eigenvalue weighted by atomic mass is 9.83. The molecular formula is C9H15NO4S. The molecule has 2 rings (SSSR count). The lowest BCUT2D eigenvalue weighted by Gasteiger charge is -2.42. The van der Waals surface area contributed by atoms with E-state index < -0.39 is 31.8 Å². The molecule has 6 heteroatoms. The van der Waals surface area contributed by atoms with Crippen LogP contribution in [0.2, 0.25) is 0 Å². The monoisotopic (exact) mass is 233 g/mol. The van der Waals surface area contributed by atoms with Crippen LogP contribution in [-0.4, -0.2) is 35.5 Å². The molecule has 2 fully saturated rings. The SMILES string of the molecule is NC1(C(=O)O)CC2CCCC(C1)S2(=O)=O. The molecule has 15 heavy (non-hydrogen) atoms. The summed E-state index contributed by atoms with van der Waals surface area (Å²) in [7, 11) is -3.11. The summed E-state index contributed by atoms with van der Waals surface area (Å²) in [5, 5.41) is 7.93. The molecule has 0 saturated carbocycles. The first kappa shape index (κ1) is 10.9. The van der Waals surface area contributed by atoms with E-state index in [2.05, 4.69) is 0 Å². The van der Waals surface area contributed by atoms with E-state index >= 15 is 0 Å². The van der Waals surface area contributed by atoms with Crippen molar-refractivity contribution in [2.24, 2.45) is 5.73 Å². The van der Waals surface area contributed by atoms with Gasteiger partial charge in [0.2, 0.25) is 0 Å². The minimum absolute atomic E-state index is 0.0706. The number of carboxylic acids is 1. The molecule has 86 valence electrons. The number of hydrogen-bond acceptors (Lipinski definition) is 4. The fourth-order valence-corrected chi connectivity index (χ4v) is 5.27. The predicted molar refractivity (Wildman–Crippen MR) is 54.1 cm³/mol. The fraction of sp³-hybridized carbons (Fsp3) is 0.889. The topological polar surface area (TPSA) is 97.5 Å². The zero-order valence-corrected chi connectivity index (χ0v) is 9.16. The number of sulfone groups is 1. The van der Waals surface area contributed by atoms with Crippen molar-refractivity contribution in [2.75, 3.05) is 0 Å². The number of carbonyl (C=O) groups is 1. The summed E-state index contributed by atoms with van der Waals surface area (Å²) in [5.74, 6) is -1.07. The smallest absolute Gasteiger partial charge is 0.323 e. The molecule has 0 aliphatic carbocycles. The third-order valence-electron chi connectivity index (χ3n) is 3.59. The van der Waals surface area contributed by atoms with E-state index in [9.17, 15) is 13.2 Å². The standard InChI is InChI=1S/C9H15NO4S/c10-9(8(11)12)4-6-2-1-3-7(5-9)15(6,13)14/h6-7H,1-5,10H2,(H,11,12). The van der Waals surface area contributed by atoms with Gasteiger partial charge in [0.25, 0.3) is 0 Å². The Morgan fingerprint density at radius 2 is 1.73 bits per heavy atom. The van der Waals surface area contributed by atoms with Gasteiger partial charge in [-0.15, -0.1) is 0 Å². The highest BCUT2D eigenvalue weighted by Crippen LogP contribution is 2.40. The van der Waals surface area contributed by atoms with Crippen LogP contribution in [0.5, 0.6) is 0 Å². The molecule has 2 bridgehead atoms. The van der Waals surface area contributed by atoms with Gasteiger partial charge in [-0.05, 0) is 25.7 Å². The maximum Gasteiger partial charge on any atom is 0.323 e. The Morgan fingerprint density at radius 3 is 2.13 bits per heavy atom. The van der Waals surface area contributed by atoms with E-state index in [1.54, 1.807) is 0 Å². The Kier molecular flexibility index (Phi) is 2.31. The maximum atomic E-state index is 11.9. The van der Waals surface area contributed by atoms with Crippen LogP contribution in [0.1, 0.15) is 32.1 Å². The molecular weight excluding hydrogens is 218 g/mol. The number of aliphatic carboxylic acids is 1. The molecule has 0 spiro atoms. The lowest BCUT2D eigenvalue weighted by Crippen LogP contribution is -2.60. The molecule has 0 amide bonds. The molecule has 2 aliphatic heterocycles. The van der Waals surface area contributed by atoms with E-state index in [0.29, 0.717) is 12.8 Å². The van der Waals surface area contributed by atoms with Gasteiger partial charge in [-0.1, -0.05) is 6.42 Å². The first-order valence-corrected chi connectivity index (χ1v) is 6.72. The number of fused-ring (bicyclic) bond motifs is 2. The summed E-state index contributed by atoms with van der Waals surface area (Å²) in [6.07, 6.45) is 2.13. The van der Waals surface area contributed by atoms with Crippen molar-refractivity contribution in [3.63, 3.8) is 0 Å². The van der Waals surface area contributed by atoms with E-state index in [1.165, 1.54) is 0 Å². The summed E-state index contributed by atoms with van der Waals surface area (Å²) in [6.45, 7) is 0. The van der Waals surface area contributed by atoms with Crippen LogP contribution in [-0.2, 0) is 14.6 Å².